The van der Waals surface area contributed by atoms with Crippen LogP contribution in [0.3, 0.4) is 0 Å². The van der Waals surface area contributed by atoms with Crippen molar-refractivity contribution in [3.8, 4) is 0 Å². The second kappa shape index (κ2) is 5.35. The summed E-state index contributed by atoms with van der Waals surface area (Å²) in [5.74, 6) is 0.0509. The summed E-state index contributed by atoms with van der Waals surface area (Å²) in [5.41, 5.74) is 0. The van der Waals surface area contributed by atoms with Gasteiger partial charge < -0.3 is 10.4 Å². The minimum absolute atomic E-state index is 0.338. The van der Waals surface area contributed by atoms with E-state index in [2.05, 4.69) is 12.2 Å². The summed E-state index contributed by atoms with van der Waals surface area (Å²) < 4.78 is 0. The zero-order chi connectivity index (χ0) is 10.6. The maximum absolute atomic E-state index is 10.9. The van der Waals surface area contributed by atoms with E-state index in [-0.39, 0.29) is 6.04 Å². The fourth-order valence-electron chi connectivity index (χ4n) is 2.21. The van der Waals surface area contributed by atoms with Crippen LogP contribution >= 0.6 is 0 Å². The summed E-state index contributed by atoms with van der Waals surface area (Å²) >= 11 is 0. The average molecular weight is 199 g/mol. The normalized spacial score (nSPS) is 29.0. The van der Waals surface area contributed by atoms with E-state index in [0.717, 1.165) is 31.6 Å². The van der Waals surface area contributed by atoms with Crippen molar-refractivity contribution >= 4 is 5.97 Å². The molecule has 2 N–H and O–H groups in total. The molecule has 0 aliphatic heterocycles. The van der Waals surface area contributed by atoms with E-state index in [9.17, 15) is 4.79 Å². The molecular weight excluding hydrogens is 178 g/mol. The van der Waals surface area contributed by atoms with Crippen LogP contribution in [0.2, 0.25) is 0 Å². The van der Waals surface area contributed by atoms with Crippen LogP contribution in [-0.4, -0.2) is 23.2 Å². The molecule has 82 valence electrons. The van der Waals surface area contributed by atoms with E-state index >= 15 is 0 Å². The molecule has 1 aliphatic carbocycles. The molecular formula is C11H21NO2. The van der Waals surface area contributed by atoms with E-state index < -0.39 is 5.97 Å². The van der Waals surface area contributed by atoms with E-state index in [0.29, 0.717) is 6.04 Å². The van der Waals surface area contributed by atoms with Crippen molar-refractivity contribution < 1.29 is 9.90 Å². The molecule has 0 radical (unpaired) electrons. The maximum atomic E-state index is 10.9. The molecule has 1 saturated carbocycles. The zero-order valence-electron chi connectivity index (χ0n) is 9.12. The van der Waals surface area contributed by atoms with Gasteiger partial charge in [-0.05, 0) is 31.6 Å². The molecule has 1 fully saturated rings. The fraction of sp³-hybridized carbons (Fsp3) is 0.909. The third kappa shape index (κ3) is 3.29. The Labute approximate surface area is 85.9 Å². The molecule has 3 heteroatoms. The first-order valence-corrected chi connectivity index (χ1v) is 5.62. The molecule has 0 bridgehead atoms. The first-order valence-electron chi connectivity index (χ1n) is 5.62. The van der Waals surface area contributed by atoms with E-state index in [1.807, 2.05) is 6.92 Å². The van der Waals surface area contributed by atoms with Gasteiger partial charge in [0.1, 0.15) is 6.04 Å². The van der Waals surface area contributed by atoms with Crippen LogP contribution in [0.15, 0.2) is 0 Å². The van der Waals surface area contributed by atoms with Gasteiger partial charge in [0.2, 0.25) is 0 Å². The van der Waals surface area contributed by atoms with Gasteiger partial charge in [-0.25, -0.2) is 0 Å². The van der Waals surface area contributed by atoms with Crippen molar-refractivity contribution in [2.75, 3.05) is 0 Å². The van der Waals surface area contributed by atoms with Crippen LogP contribution < -0.4 is 5.32 Å². The van der Waals surface area contributed by atoms with Crippen LogP contribution in [0.1, 0.15) is 46.0 Å². The van der Waals surface area contributed by atoms with Crippen molar-refractivity contribution in [2.24, 2.45) is 5.92 Å². The quantitative estimate of drug-likeness (QED) is 0.712. The Morgan fingerprint density at radius 2 is 2.29 bits per heavy atom. The summed E-state index contributed by atoms with van der Waals surface area (Å²) in [4.78, 5) is 10.9. The van der Waals surface area contributed by atoms with Crippen molar-refractivity contribution in [3.63, 3.8) is 0 Å². The second-order valence-electron chi connectivity index (χ2n) is 4.46. The Bertz CT molecular complexity index is 194. The average Bonchev–Trinajstić information content (AvgIpc) is 2.50. The van der Waals surface area contributed by atoms with Crippen LogP contribution in [0.25, 0.3) is 0 Å². The molecule has 14 heavy (non-hydrogen) atoms. The summed E-state index contributed by atoms with van der Waals surface area (Å²) in [5, 5.41) is 12.2. The Morgan fingerprint density at radius 3 is 2.71 bits per heavy atom. The molecule has 0 saturated heterocycles. The Balaban J connectivity index is 2.35. The Morgan fingerprint density at radius 1 is 1.57 bits per heavy atom. The van der Waals surface area contributed by atoms with Crippen LogP contribution in [0, 0.1) is 5.92 Å². The van der Waals surface area contributed by atoms with Gasteiger partial charge in [0.25, 0.3) is 0 Å². The molecule has 1 rings (SSSR count). The highest BCUT2D eigenvalue weighted by molar-refractivity contribution is 5.73. The van der Waals surface area contributed by atoms with Gasteiger partial charge >= 0.3 is 5.97 Å². The zero-order valence-corrected chi connectivity index (χ0v) is 9.12. The van der Waals surface area contributed by atoms with Gasteiger partial charge in [-0.3, -0.25) is 4.79 Å². The lowest BCUT2D eigenvalue weighted by Gasteiger charge is -2.18. The lowest BCUT2D eigenvalue weighted by atomic mass is 10.1. The molecule has 1 aliphatic rings. The minimum atomic E-state index is -0.702. The fourth-order valence-corrected chi connectivity index (χ4v) is 2.21. The summed E-state index contributed by atoms with van der Waals surface area (Å²) in [6.45, 7) is 4.26. The van der Waals surface area contributed by atoms with Gasteiger partial charge in [0.15, 0.2) is 0 Å². The van der Waals surface area contributed by atoms with Crippen molar-refractivity contribution in [2.45, 2.75) is 58.0 Å². The number of carboxylic acids is 1. The van der Waals surface area contributed by atoms with Gasteiger partial charge in [-0.15, -0.1) is 0 Å². The predicted octanol–water partition coefficient (Wildman–Crippen LogP) is 2.02. The summed E-state index contributed by atoms with van der Waals surface area (Å²) in [6, 6.07) is 0.0907. The number of carbonyl (C=O) groups is 1. The SMILES string of the molecule is CCCC(NC1CCC(C)C1)C(=O)O. The highest BCUT2D eigenvalue weighted by atomic mass is 16.4. The molecule has 0 amide bonds. The van der Waals surface area contributed by atoms with Gasteiger partial charge in [-0.1, -0.05) is 20.3 Å². The first kappa shape index (κ1) is 11.5. The van der Waals surface area contributed by atoms with Gasteiger partial charge in [-0.2, -0.15) is 0 Å². The van der Waals surface area contributed by atoms with Crippen molar-refractivity contribution in [1.82, 2.24) is 5.32 Å². The Hall–Kier alpha value is -0.570. The number of hydrogen-bond acceptors (Lipinski definition) is 2. The topological polar surface area (TPSA) is 49.3 Å². The molecule has 0 heterocycles. The third-order valence-corrected chi connectivity index (χ3v) is 3.01. The molecule has 0 spiro atoms. The lowest BCUT2D eigenvalue weighted by molar-refractivity contribution is -0.139. The van der Waals surface area contributed by atoms with Crippen LogP contribution in [0.5, 0.6) is 0 Å². The van der Waals surface area contributed by atoms with Crippen molar-refractivity contribution in [3.05, 3.63) is 0 Å². The highest BCUT2D eigenvalue weighted by Gasteiger charge is 2.25. The second-order valence-corrected chi connectivity index (χ2v) is 4.46. The number of carboxylic acid groups (broad SMARTS) is 1. The standard InChI is InChI=1S/C11H21NO2/c1-3-4-10(11(13)14)12-9-6-5-8(2)7-9/h8-10,12H,3-7H2,1-2H3,(H,13,14). The molecule has 0 aromatic rings. The largest absolute Gasteiger partial charge is 0.480 e. The number of hydrogen-bond donors (Lipinski definition) is 2. The van der Waals surface area contributed by atoms with E-state index in [4.69, 9.17) is 5.11 Å². The molecule has 3 unspecified atom stereocenters. The maximum Gasteiger partial charge on any atom is 0.320 e. The molecule has 0 aromatic heterocycles. The minimum Gasteiger partial charge on any atom is -0.480 e. The smallest absolute Gasteiger partial charge is 0.320 e. The van der Waals surface area contributed by atoms with E-state index in [1.165, 1.54) is 6.42 Å². The summed E-state index contributed by atoms with van der Waals surface area (Å²) in [6.07, 6.45) is 5.16. The van der Waals surface area contributed by atoms with Crippen LogP contribution in [0.4, 0.5) is 0 Å². The third-order valence-electron chi connectivity index (χ3n) is 3.01. The van der Waals surface area contributed by atoms with E-state index in [1.54, 1.807) is 0 Å². The lowest BCUT2D eigenvalue weighted by Crippen LogP contribution is -2.42. The molecule has 0 aromatic carbocycles. The number of aliphatic carboxylic acids is 1. The van der Waals surface area contributed by atoms with Gasteiger partial charge in [0.05, 0.1) is 0 Å². The Kier molecular flexibility index (Phi) is 4.39. The predicted molar refractivity (Wildman–Crippen MR) is 56.3 cm³/mol. The van der Waals surface area contributed by atoms with Gasteiger partial charge in [0, 0.05) is 6.04 Å². The highest BCUT2D eigenvalue weighted by Crippen LogP contribution is 2.25. The monoisotopic (exact) mass is 199 g/mol. The molecule has 3 atom stereocenters. The van der Waals surface area contributed by atoms with Crippen LogP contribution in [-0.2, 0) is 4.79 Å². The number of nitrogens with one attached hydrogen (secondary N) is 1. The number of rotatable bonds is 5. The molecule has 3 nitrogen and oxygen atoms in total. The first-order chi connectivity index (χ1) is 6.63. The summed E-state index contributed by atoms with van der Waals surface area (Å²) in [7, 11) is 0. The van der Waals surface area contributed by atoms with Crippen molar-refractivity contribution in [1.29, 1.82) is 0 Å².